The summed E-state index contributed by atoms with van der Waals surface area (Å²) in [5.41, 5.74) is 12.3. The molecule has 0 aliphatic carbocycles. The lowest BCUT2D eigenvalue weighted by atomic mass is 10.1. The molecule has 0 saturated heterocycles. The normalized spacial score (nSPS) is 16.0. The second-order valence-corrected chi connectivity index (χ2v) is 7.20. The lowest BCUT2D eigenvalue weighted by Crippen LogP contribution is -2.44. The number of rotatable bonds is 6. The number of ether oxygens (including phenoxy) is 1. The second-order valence-electron chi connectivity index (χ2n) is 5.98. The maximum Gasteiger partial charge on any atom is 0.220 e. The van der Waals surface area contributed by atoms with E-state index < -0.39 is 12.0 Å². The second kappa shape index (κ2) is 10.2. The Hall–Kier alpha value is -1.93. The van der Waals surface area contributed by atoms with Gasteiger partial charge in [-0.3, -0.25) is 0 Å². The molecular formula is C18H18Cl4FN5O. The number of aliphatic imine (C=N–C) groups is 2. The van der Waals surface area contributed by atoms with E-state index in [2.05, 4.69) is 9.98 Å². The molecule has 29 heavy (non-hydrogen) atoms. The summed E-state index contributed by atoms with van der Waals surface area (Å²) in [4.78, 5) is 10.00. The fraction of sp³-hybridized carbons (Fsp3) is 0.222. The van der Waals surface area contributed by atoms with Gasteiger partial charge in [-0.2, -0.15) is 4.99 Å². The van der Waals surface area contributed by atoms with E-state index in [1.165, 1.54) is 12.1 Å². The van der Waals surface area contributed by atoms with Crippen molar-refractivity contribution in [3.05, 3.63) is 62.8 Å². The Bertz CT molecular complexity index is 940. The van der Waals surface area contributed by atoms with Crippen LogP contribution in [0, 0.1) is 5.82 Å². The first-order valence-corrected chi connectivity index (χ1v) is 9.45. The van der Waals surface area contributed by atoms with Crippen LogP contribution in [0.2, 0.25) is 15.1 Å². The van der Waals surface area contributed by atoms with Crippen molar-refractivity contribution in [1.82, 2.24) is 4.90 Å². The highest BCUT2D eigenvalue weighted by Crippen LogP contribution is 2.28. The van der Waals surface area contributed by atoms with Crippen LogP contribution in [0.3, 0.4) is 0 Å². The van der Waals surface area contributed by atoms with Crippen LogP contribution >= 0.6 is 47.2 Å². The topological polar surface area (TPSA) is 89.2 Å². The maximum atomic E-state index is 13.9. The molecule has 2 aromatic rings. The first-order chi connectivity index (χ1) is 13.3. The molecule has 1 unspecified atom stereocenters. The molecule has 0 saturated carbocycles. The standard InChI is InChI=1S/C18H17Cl3FN5O.ClH/c19-12-5-3-11(9-14(12)21)28-7-1-6-27-16(25-17(23)26-18(27)24)10-2-4-13(20)15(22)8-10;/h2-5,8-9,16H,1,6-7H2,(H4,23,24,25,26);1H. The van der Waals surface area contributed by atoms with E-state index in [4.69, 9.17) is 51.0 Å². The van der Waals surface area contributed by atoms with E-state index in [1.54, 1.807) is 29.2 Å². The van der Waals surface area contributed by atoms with Crippen LogP contribution in [0.5, 0.6) is 5.75 Å². The van der Waals surface area contributed by atoms with Crippen LogP contribution < -0.4 is 16.2 Å². The quantitative estimate of drug-likeness (QED) is 0.590. The predicted octanol–water partition coefficient (Wildman–Crippen LogP) is 4.62. The largest absolute Gasteiger partial charge is 0.493 e. The number of benzene rings is 2. The van der Waals surface area contributed by atoms with Gasteiger partial charge in [0.15, 0.2) is 6.17 Å². The molecule has 0 radical (unpaired) electrons. The van der Waals surface area contributed by atoms with Gasteiger partial charge in [0, 0.05) is 12.6 Å². The predicted molar refractivity (Wildman–Crippen MR) is 118 cm³/mol. The van der Waals surface area contributed by atoms with Crippen molar-refractivity contribution in [2.75, 3.05) is 13.2 Å². The molecule has 11 heteroatoms. The molecule has 2 aromatic carbocycles. The van der Waals surface area contributed by atoms with Crippen molar-refractivity contribution in [3.63, 3.8) is 0 Å². The summed E-state index contributed by atoms with van der Waals surface area (Å²) in [5.74, 6) is 0.286. The van der Waals surface area contributed by atoms with Gasteiger partial charge in [0.2, 0.25) is 11.9 Å². The highest BCUT2D eigenvalue weighted by molar-refractivity contribution is 6.42. The first kappa shape index (κ1) is 23.3. The van der Waals surface area contributed by atoms with Crippen LogP contribution in [-0.4, -0.2) is 30.0 Å². The van der Waals surface area contributed by atoms with Gasteiger partial charge in [0.1, 0.15) is 11.6 Å². The summed E-state index contributed by atoms with van der Waals surface area (Å²) in [6, 6.07) is 9.48. The minimum Gasteiger partial charge on any atom is -0.493 e. The van der Waals surface area contributed by atoms with Crippen LogP contribution in [0.1, 0.15) is 18.2 Å². The van der Waals surface area contributed by atoms with Crippen molar-refractivity contribution in [1.29, 1.82) is 0 Å². The Morgan fingerprint density at radius 3 is 2.45 bits per heavy atom. The number of nitrogens with two attached hydrogens (primary N) is 2. The average molecular weight is 481 g/mol. The summed E-state index contributed by atoms with van der Waals surface area (Å²) in [6.45, 7) is 0.852. The molecule has 0 spiro atoms. The number of hydrogen-bond acceptors (Lipinski definition) is 6. The smallest absolute Gasteiger partial charge is 0.220 e. The van der Waals surface area contributed by atoms with Gasteiger partial charge in [0.05, 0.1) is 21.7 Å². The highest BCUT2D eigenvalue weighted by atomic mass is 35.5. The van der Waals surface area contributed by atoms with E-state index in [1.807, 2.05) is 0 Å². The average Bonchev–Trinajstić information content (AvgIpc) is 2.65. The zero-order valence-electron chi connectivity index (χ0n) is 15.0. The Morgan fingerprint density at radius 2 is 1.76 bits per heavy atom. The summed E-state index contributed by atoms with van der Waals surface area (Å²) < 4.78 is 19.6. The van der Waals surface area contributed by atoms with Crippen molar-refractivity contribution in [2.45, 2.75) is 12.6 Å². The number of hydrogen-bond donors (Lipinski definition) is 2. The van der Waals surface area contributed by atoms with E-state index in [0.29, 0.717) is 40.9 Å². The molecule has 1 aliphatic heterocycles. The van der Waals surface area contributed by atoms with Gasteiger partial charge in [-0.25, -0.2) is 9.38 Å². The molecule has 0 bridgehead atoms. The molecule has 4 N–H and O–H groups in total. The number of nitrogens with zero attached hydrogens (tertiary/aromatic N) is 3. The molecule has 0 amide bonds. The number of guanidine groups is 2. The van der Waals surface area contributed by atoms with E-state index in [9.17, 15) is 4.39 Å². The fourth-order valence-electron chi connectivity index (χ4n) is 2.69. The van der Waals surface area contributed by atoms with Gasteiger partial charge in [-0.05, 0) is 36.2 Å². The molecule has 3 rings (SSSR count). The molecule has 1 atom stereocenters. The van der Waals surface area contributed by atoms with Crippen molar-refractivity contribution in [2.24, 2.45) is 21.5 Å². The minimum absolute atomic E-state index is 0. The Kier molecular flexibility index (Phi) is 8.22. The van der Waals surface area contributed by atoms with Crippen molar-refractivity contribution < 1.29 is 9.13 Å². The van der Waals surface area contributed by atoms with Crippen LogP contribution in [0.4, 0.5) is 4.39 Å². The molecule has 1 heterocycles. The molecular weight excluding hydrogens is 463 g/mol. The van der Waals surface area contributed by atoms with Crippen molar-refractivity contribution >= 4 is 59.1 Å². The third-order valence-corrected chi connectivity index (χ3v) is 5.06. The van der Waals surface area contributed by atoms with Crippen LogP contribution in [0.25, 0.3) is 0 Å². The maximum absolute atomic E-state index is 13.9. The molecule has 1 aliphatic rings. The fourth-order valence-corrected chi connectivity index (χ4v) is 3.09. The first-order valence-electron chi connectivity index (χ1n) is 8.32. The SMILES string of the molecule is Cl.NC1=NC(c2ccc(Cl)c(F)c2)N(CCCOc2ccc(Cl)c(Cl)c2)C(N)=N1. The number of halogens is 5. The Balaban J connectivity index is 0.00000300. The zero-order valence-corrected chi connectivity index (χ0v) is 18.1. The lowest BCUT2D eigenvalue weighted by Gasteiger charge is -2.32. The summed E-state index contributed by atoms with van der Waals surface area (Å²) in [6.07, 6.45) is -0.00686. The van der Waals surface area contributed by atoms with Crippen LogP contribution in [0.15, 0.2) is 46.4 Å². The third kappa shape index (κ3) is 5.79. The summed E-state index contributed by atoms with van der Waals surface area (Å²) >= 11 is 17.6. The summed E-state index contributed by atoms with van der Waals surface area (Å²) in [7, 11) is 0. The Labute approximate surface area is 188 Å². The molecule has 6 nitrogen and oxygen atoms in total. The Morgan fingerprint density at radius 1 is 1.03 bits per heavy atom. The van der Waals surface area contributed by atoms with Gasteiger partial charge in [-0.15, -0.1) is 12.4 Å². The monoisotopic (exact) mass is 479 g/mol. The van der Waals surface area contributed by atoms with Gasteiger partial charge >= 0.3 is 0 Å². The highest BCUT2D eigenvalue weighted by Gasteiger charge is 2.26. The van der Waals surface area contributed by atoms with Gasteiger partial charge in [-0.1, -0.05) is 40.9 Å². The van der Waals surface area contributed by atoms with Crippen molar-refractivity contribution in [3.8, 4) is 5.75 Å². The minimum atomic E-state index is -0.603. The zero-order chi connectivity index (χ0) is 20.3. The van der Waals surface area contributed by atoms with E-state index >= 15 is 0 Å². The van der Waals surface area contributed by atoms with E-state index in [0.717, 1.165) is 0 Å². The van der Waals surface area contributed by atoms with Gasteiger partial charge < -0.3 is 21.1 Å². The molecule has 156 valence electrons. The summed E-state index contributed by atoms with van der Waals surface area (Å²) in [5, 5.41) is 0.903. The lowest BCUT2D eigenvalue weighted by molar-refractivity contribution is 0.258. The van der Waals surface area contributed by atoms with Crippen LogP contribution in [-0.2, 0) is 0 Å². The third-order valence-electron chi connectivity index (χ3n) is 4.02. The van der Waals surface area contributed by atoms with Gasteiger partial charge in [0.25, 0.3) is 0 Å². The molecule has 0 fully saturated rings. The van der Waals surface area contributed by atoms with E-state index in [-0.39, 0.29) is 29.3 Å². The molecule has 0 aromatic heterocycles.